The Morgan fingerprint density at radius 1 is 1.62 bits per heavy atom. The van der Waals surface area contributed by atoms with Crippen LogP contribution in [0.15, 0.2) is 16.6 Å². The van der Waals surface area contributed by atoms with Gasteiger partial charge in [0, 0.05) is 0 Å². The van der Waals surface area contributed by atoms with E-state index in [0.29, 0.717) is 15.6 Å². The molecule has 0 saturated carbocycles. The van der Waals surface area contributed by atoms with Crippen molar-refractivity contribution in [1.82, 2.24) is 0 Å². The minimum atomic E-state index is -0.957. The minimum Gasteiger partial charge on any atom is -0.481 e. The van der Waals surface area contributed by atoms with E-state index in [1.54, 1.807) is 13.0 Å². The molecule has 0 fully saturated rings. The van der Waals surface area contributed by atoms with Crippen molar-refractivity contribution in [3.63, 3.8) is 0 Å². The smallest absolute Gasteiger partial charge is 0.307 e. The van der Waals surface area contributed by atoms with Gasteiger partial charge in [-0.05, 0) is 40.0 Å². The van der Waals surface area contributed by atoms with Gasteiger partial charge in [0.05, 0.1) is 10.9 Å². The van der Waals surface area contributed by atoms with E-state index < -0.39 is 11.8 Å². The third kappa shape index (κ3) is 2.52. The normalized spacial score (nSPS) is 10.1. The first-order chi connectivity index (χ1) is 6.00. The number of benzene rings is 1. The summed E-state index contributed by atoms with van der Waals surface area (Å²) < 4.78 is 13.4. The fraction of sp³-hybridized carbons (Fsp3) is 0.222. The second kappa shape index (κ2) is 3.87. The molecular formula is C9H8BrFO2. The molecule has 0 unspecified atom stereocenters. The van der Waals surface area contributed by atoms with Crippen LogP contribution in [0.3, 0.4) is 0 Å². The molecule has 0 aliphatic rings. The molecule has 0 spiro atoms. The lowest BCUT2D eigenvalue weighted by molar-refractivity contribution is -0.136. The average Bonchev–Trinajstić information content (AvgIpc) is 1.98. The largest absolute Gasteiger partial charge is 0.481 e. The summed E-state index contributed by atoms with van der Waals surface area (Å²) in [7, 11) is 0. The van der Waals surface area contributed by atoms with Crippen LogP contribution in [0.1, 0.15) is 11.1 Å². The van der Waals surface area contributed by atoms with Gasteiger partial charge in [0.1, 0.15) is 5.82 Å². The molecule has 0 saturated heterocycles. The molecule has 0 aliphatic heterocycles. The van der Waals surface area contributed by atoms with Crippen LogP contribution in [0.4, 0.5) is 4.39 Å². The first-order valence-electron chi connectivity index (χ1n) is 3.67. The van der Waals surface area contributed by atoms with Crippen molar-refractivity contribution >= 4 is 21.9 Å². The van der Waals surface area contributed by atoms with Gasteiger partial charge in [-0.25, -0.2) is 4.39 Å². The third-order valence-corrected chi connectivity index (χ3v) is 2.63. The molecule has 1 N–H and O–H groups in total. The summed E-state index contributed by atoms with van der Waals surface area (Å²) in [6.07, 6.45) is -0.148. The van der Waals surface area contributed by atoms with Gasteiger partial charge >= 0.3 is 5.97 Å². The number of hydrogen-bond acceptors (Lipinski definition) is 1. The lowest BCUT2D eigenvalue weighted by Crippen LogP contribution is -2.01. The number of halogens is 2. The summed E-state index contributed by atoms with van der Waals surface area (Å²) in [5.41, 5.74) is 1.18. The molecule has 1 aromatic carbocycles. The van der Waals surface area contributed by atoms with E-state index in [-0.39, 0.29) is 6.42 Å². The molecule has 0 amide bonds. The number of carboxylic acids is 1. The Hall–Kier alpha value is -0.900. The van der Waals surface area contributed by atoms with Gasteiger partial charge in [-0.2, -0.15) is 0 Å². The zero-order valence-electron chi connectivity index (χ0n) is 6.97. The Labute approximate surface area is 83.5 Å². The van der Waals surface area contributed by atoms with E-state index in [1.165, 1.54) is 6.07 Å². The summed E-state index contributed by atoms with van der Waals surface area (Å²) in [6, 6.07) is 2.88. The topological polar surface area (TPSA) is 37.3 Å². The van der Waals surface area contributed by atoms with Gasteiger partial charge in [0.25, 0.3) is 0 Å². The van der Waals surface area contributed by atoms with E-state index in [9.17, 15) is 9.18 Å². The quantitative estimate of drug-likeness (QED) is 0.871. The summed E-state index contributed by atoms with van der Waals surface area (Å²) >= 11 is 3.06. The minimum absolute atomic E-state index is 0.148. The maximum Gasteiger partial charge on any atom is 0.307 e. The van der Waals surface area contributed by atoms with Crippen LogP contribution in [0.2, 0.25) is 0 Å². The Balaban J connectivity index is 3.06. The molecular weight excluding hydrogens is 239 g/mol. The Bertz CT molecular complexity index is 326. The van der Waals surface area contributed by atoms with Gasteiger partial charge < -0.3 is 5.11 Å². The van der Waals surface area contributed by atoms with Crippen LogP contribution in [0, 0.1) is 12.7 Å². The van der Waals surface area contributed by atoms with Gasteiger partial charge in [-0.3, -0.25) is 4.79 Å². The highest BCUT2D eigenvalue weighted by Crippen LogP contribution is 2.21. The van der Waals surface area contributed by atoms with Gasteiger partial charge in [-0.1, -0.05) is 6.07 Å². The SMILES string of the molecule is Cc1cc(CC(=O)O)cc(F)c1Br. The summed E-state index contributed by atoms with van der Waals surface area (Å²) in [6.45, 7) is 1.72. The highest BCUT2D eigenvalue weighted by atomic mass is 79.9. The zero-order valence-corrected chi connectivity index (χ0v) is 8.56. The second-order valence-corrected chi connectivity index (χ2v) is 3.57. The first kappa shape index (κ1) is 10.2. The fourth-order valence-corrected chi connectivity index (χ4v) is 1.30. The summed E-state index contributed by atoms with van der Waals surface area (Å²) in [4.78, 5) is 10.3. The average molecular weight is 247 g/mol. The Morgan fingerprint density at radius 3 is 2.69 bits per heavy atom. The molecule has 70 valence electrons. The predicted octanol–water partition coefficient (Wildman–Crippen LogP) is 2.52. The van der Waals surface area contributed by atoms with E-state index >= 15 is 0 Å². The van der Waals surface area contributed by atoms with Crippen LogP contribution in [0.25, 0.3) is 0 Å². The molecule has 0 heterocycles. The van der Waals surface area contributed by atoms with Crippen LogP contribution in [0.5, 0.6) is 0 Å². The second-order valence-electron chi connectivity index (χ2n) is 2.78. The van der Waals surface area contributed by atoms with Crippen LogP contribution in [-0.2, 0) is 11.2 Å². The van der Waals surface area contributed by atoms with E-state index in [0.717, 1.165) is 0 Å². The molecule has 2 nitrogen and oxygen atoms in total. The van der Waals surface area contributed by atoms with E-state index in [2.05, 4.69) is 15.9 Å². The molecule has 4 heteroatoms. The third-order valence-electron chi connectivity index (χ3n) is 1.63. The number of hydrogen-bond donors (Lipinski definition) is 1. The van der Waals surface area contributed by atoms with E-state index in [1.807, 2.05) is 0 Å². The molecule has 0 aliphatic carbocycles. The summed E-state index contributed by atoms with van der Waals surface area (Å²) in [5, 5.41) is 8.48. The lowest BCUT2D eigenvalue weighted by Gasteiger charge is -2.03. The Kier molecular flexibility index (Phi) is 3.03. The van der Waals surface area contributed by atoms with Gasteiger partial charge in [0.2, 0.25) is 0 Å². The first-order valence-corrected chi connectivity index (χ1v) is 4.46. The number of aliphatic carboxylic acids is 1. The standard InChI is InChI=1S/C9H8BrFO2/c1-5-2-6(4-8(12)13)3-7(11)9(5)10/h2-3H,4H2,1H3,(H,12,13). The van der Waals surface area contributed by atoms with Crippen molar-refractivity contribution in [2.75, 3.05) is 0 Å². The highest BCUT2D eigenvalue weighted by Gasteiger charge is 2.07. The number of aryl methyl sites for hydroxylation is 1. The van der Waals surface area contributed by atoms with Crippen LogP contribution in [-0.4, -0.2) is 11.1 Å². The van der Waals surface area contributed by atoms with Crippen molar-refractivity contribution in [2.24, 2.45) is 0 Å². The molecule has 0 radical (unpaired) electrons. The maximum absolute atomic E-state index is 13.1. The number of carboxylic acid groups (broad SMARTS) is 1. The van der Waals surface area contributed by atoms with Gasteiger partial charge in [0.15, 0.2) is 0 Å². The molecule has 0 aromatic heterocycles. The van der Waals surface area contributed by atoms with Gasteiger partial charge in [-0.15, -0.1) is 0 Å². The van der Waals surface area contributed by atoms with Crippen molar-refractivity contribution in [3.8, 4) is 0 Å². The summed E-state index contributed by atoms with van der Waals surface area (Å²) in [5.74, 6) is -1.38. The van der Waals surface area contributed by atoms with Crippen molar-refractivity contribution in [1.29, 1.82) is 0 Å². The molecule has 0 atom stereocenters. The van der Waals surface area contributed by atoms with Crippen LogP contribution < -0.4 is 0 Å². The van der Waals surface area contributed by atoms with Crippen molar-refractivity contribution < 1.29 is 14.3 Å². The zero-order chi connectivity index (χ0) is 10.0. The Morgan fingerprint density at radius 2 is 2.23 bits per heavy atom. The predicted molar refractivity (Wildman–Crippen MR) is 50.2 cm³/mol. The van der Waals surface area contributed by atoms with Crippen molar-refractivity contribution in [2.45, 2.75) is 13.3 Å². The van der Waals surface area contributed by atoms with Crippen molar-refractivity contribution in [3.05, 3.63) is 33.5 Å². The molecule has 0 bridgehead atoms. The fourth-order valence-electron chi connectivity index (χ4n) is 1.07. The monoisotopic (exact) mass is 246 g/mol. The molecule has 1 rings (SSSR count). The lowest BCUT2D eigenvalue weighted by atomic mass is 10.1. The maximum atomic E-state index is 13.1. The number of carbonyl (C=O) groups is 1. The number of rotatable bonds is 2. The molecule has 1 aromatic rings. The molecule has 13 heavy (non-hydrogen) atoms. The van der Waals surface area contributed by atoms with Crippen LogP contribution >= 0.6 is 15.9 Å². The highest BCUT2D eigenvalue weighted by molar-refractivity contribution is 9.10. The van der Waals surface area contributed by atoms with E-state index in [4.69, 9.17) is 5.11 Å².